The molecule has 0 N–H and O–H groups in total. The van der Waals surface area contributed by atoms with Gasteiger partial charge in [0.1, 0.15) is 11.9 Å². The summed E-state index contributed by atoms with van der Waals surface area (Å²) in [7, 11) is 0. The summed E-state index contributed by atoms with van der Waals surface area (Å²) in [5.41, 5.74) is 1.27. The number of esters is 1. The lowest BCUT2D eigenvalue weighted by Crippen LogP contribution is -2.16. The summed E-state index contributed by atoms with van der Waals surface area (Å²) in [6.07, 6.45) is 6.73. The Kier molecular flexibility index (Phi) is 9.25. The molecule has 0 bridgehead atoms. The van der Waals surface area contributed by atoms with E-state index in [0.717, 1.165) is 25.7 Å². The van der Waals surface area contributed by atoms with Gasteiger partial charge in [0.15, 0.2) is 17.8 Å². The van der Waals surface area contributed by atoms with E-state index in [1.54, 1.807) is 6.07 Å². The van der Waals surface area contributed by atoms with Gasteiger partial charge in [-0.2, -0.15) is 8.78 Å². The largest absolute Gasteiger partial charge is 0.493 e. The standard InChI is InChI=1S/C30H27Cl2F2NO6/c31-23-12-35-13-24(32)22(23)11-27(19-5-8-26(41-30(33)34)28(10-19)39-16-18-3-4-18)40-29(37)20-6-7-25(21(9-20)14-36)38-15-17-1-2-17/h5-10,12-14,17-18,27,30H,1-4,11,15-16H2. The first-order valence-corrected chi connectivity index (χ1v) is 14.0. The van der Waals surface area contributed by atoms with Crippen LogP contribution in [0.2, 0.25) is 10.0 Å². The van der Waals surface area contributed by atoms with E-state index in [1.807, 2.05) is 0 Å². The minimum absolute atomic E-state index is 0.0478. The molecule has 216 valence electrons. The Hall–Kier alpha value is -3.43. The minimum atomic E-state index is -3.05. The summed E-state index contributed by atoms with van der Waals surface area (Å²) in [4.78, 5) is 29.1. The van der Waals surface area contributed by atoms with Crippen molar-refractivity contribution in [2.75, 3.05) is 13.2 Å². The molecule has 2 aromatic carbocycles. The van der Waals surface area contributed by atoms with Crippen LogP contribution in [0.4, 0.5) is 8.78 Å². The Balaban J connectivity index is 1.43. The van der Waals surface area contributed by atoms with E-state index >= 15 is 0 Å². The number of nitrogens with zero attached hydrogens (tertiary/aromatic N) is 1. The Labute approximate surface area is 245 Å². The summed E-state index contributed by atoms with van der Waals surface area (Å²) >= 11 is 12.7. The Bertz CT molecular complexity index is 1390. The summed E-state index contributed by atoms with van der Waals surface area (Å²) in [6.45, 7) is -2.19. The van der Waals surface area contributed by atoms with E-state index in [4.69, 9.17) is 37.4 Å². The maximum Gasteiger partial charge on any atom is 0.387 e. The molecule has 2 aliphatic rings. The topological polar surface area (TPSA) is 84.0 Å². The Morgan fingerprint density at radius 2 is 1.56 bits per heavy atom. The van der Waals surface area contributed by atoms with Crippen LogP contribution in [0.25, 0.3) is 0 Å². The Morgan fingerprint density at radius 3 is 2.17 bits per heavy atom. The van der Waals surface area contributed by atoms with Gasteiger partial charge in [0.25, 0.3) is 0 Å². The van der Waals surface area contributed by atoms with Gasteiger partial charge in [-0.25, -0.2) is 4.79 Å². The van der Waals surface area contributed by atoms with Gasteiger partial charge in [-0.15, -0.1) is 0 Å². The molecule has 0 saturated heterocycles. The van der Waals surface area contributed by atoms with Crippen molar-refractivity contribution in [3.05, 3.63) is 81.1 Å². The number of aldehydes is 1. The van der Waals surface area contributed by atoms with Gasteiger partial charge in [0.05, 0.1) is 34.4 Å². The highest BCUT2D eigenvalue weighted by Gasteiger charge is 2.27. The first-order valence-electron chi connectivity index (χ1n) is 13.2. The number of carbonyl (C=O) groups is 2. The van der Waals surface area contributed by atoms with Crippen LogP contribution in [0.1, 0.15) is 63.6 Å². The molecule has 2 fully saturated rings. The number of alkyl halides is 2. The molecule has 41 heavy (non-hydrogen) atoms. The summed E-state index contributed by atoms with van der Waals surface area (Å²) < 4.78 is 48.3. The highest BCUT2D eigenvalue weighted by molar-refractivity contribution is 6.35. The second-order valence-electron chi connectivity index (χ2n) is 10.1. The molecule has 7 nitrogen and oxygen atoms in total. The number of hydrogen-bond donors (Lipinski definition) is 0. The van der Waals surface area contributed by atoms with Crippen LogP contribution in [0.3, 0.4) is 0 Å². The number of halogens is 4. The molecule has 0 amide bonds. The van der Waals surface area contributed by atoms with Crippen LogP contribution in [0.5, 0.6) is 17.2 Å². The number of ether oxygens (including phenoxy) is 4. The summed E-state index contributed by atoms with van der Waals surface area (Å²) in [5.74, 6) is 0.477. The molecule has 0 spiro atoms. The lowest BCUT2D eigenvalue weighted by atomic mass is 10.0. The molecular weight excluding hydrogens is 579 g/mol. The van der Waals surface area contributed by atoms with Crippen LogP contribution in [-0.2, 0) is 11.2 Å². The van der Waals surface area contributed by atoms with Gasteiger partial charge in [-0.05, 0) is 79.0 Å². The molecule has 0 aliphatic heterocycles. The van der Waals surface area contributed by atoms with Gasteiger partial charge >= 0.3 is 12.6 Å². The zero-order chi connectivity index (χ0) is 28.9. The van der Waals surface area contributed by atoms with Gasteiger partial charge in [0.2, 0.25) is 0 Å². The van der Waals surface area contributed by atoms with Crippen molar-refractivity contribution < 1.29 is 37.3 Å². The van der Waals surface area contributed by atoms with Crippen molar-refractivity contribution in [1.82, 2.24) is 4.98 Å². The lowest BCUT2D eigenvalue weighted by Gasteiger charge is -2.22. The number of carbonyl (C=O) groups excluding carboxylic acids is 2. The highest BCUT2D eigenvalue weighted by Crippen LogP contribution is 2.38. The smallest absolute Gasteiger partial charge is 0.387 e. The van der Waals surface area contributed by atoms with E-state index in [2.05, 4.69) is 9.72 Å². The minimum Gasteiger partial charge on any atom is -0.493 e. The molecular formula is C30H27Cl2F2NO6. The molecule has 0 radical (unpaired) electrons. The fraction of sp³-hybridized carbons (Fsp3) is 0.367. The molecule has 11 heteroatoms. The molecule has 5 rings (SSSR count). The molecule has 1 unspecified atom stereocenters. The number of benzene rings is 2. The van der Waals surface area contributed by atoms with E-state index < -0.39 is 18.7 Å². The number of pyridine rings is 1. The van der Waals surface area contributed by atoms with Crippen molar-refractivity contribution in [2.45, 2.75) is 44.8 Å². The third-order valence-corrected chi connectivity index (χ3v) is 7.51. The quantitative estimate of drug-likeness (QED) is 0.139. The third kappa shape index (κ3) is 7.86. The van der Waals surface area contributed by atoms with E-state index in [9.17, 15) is 18.4 Å². The fourth-order valence-electron chi connectivity index (χ4n) is 4.16. The van der Waals surface area contributed by atoms with Gasteiger partial charge < -0.3 is 18.9 Å². The summed E-state index contributed by atoms with van der Waals surface area (Å²) in [5, 5.41) is 0.531. The van der Waals surface area contributed by atoms with Gasteiger partial charge in [-0.1, -0.05) is 29.3 Å². The first-order chi connectivity index (χ1) is 19.8. The zero-order valence-corrected chi connectivity index (χ0v) is 23.4. The fourth-order valence-corrected chi connectivity index (χ4v) is 4.68. The average Bonchev–Trinajstić information content (AvgIpc) is 3.88. The maximum absolute atomic E-state index is 13.4. The summed E-state index contributed by atoms with van der Waals surface area (Å²) in [6, 6.07) is 8.85. The number of hydrogen-bond acceptors (Lipinski definition) is 7. The van der Waals surface area contributed by atoms with E-state index in [-0.39, 0.29) is 39.1 Å². The number of aromatic nitrogens is 1. The van der Waals surface area contributed by atoms with Crippen molar-refractivity contribution in [2.24, 2.45) is 11.8 Å². The third-order valence-electron chi connectivity index (χ3n) is 6.86. The first kappa shape index (κ1) is 29.1. The lowest BCUT2D eigenvalue weighted by molar-refractivity contribution is -0.0515. The molecule has 3 aromatic rings. The maximum atomic E-state index is 13.4. The molecule has 1 aromatic heterocycles. The molecule has 2 aliphatic carbocycles. The zero-order valence-electron chi connectivity index (χ0n) is 21.9. The van der Waals surface area contributed by atoms with Crippen LogP contribution < -0.4 is 14.2 Å². The van der Waals surface area contributed by atoms with Crippen LogP contribution in [-0.4, -0.2) is 37.1 Å². The molecule has 1 heterocycles. The predicted molar refractivity (Wildman–Crippen MR) is 147 cm³/mol. The van der Waals surface area contributed by atoms with Crippen molar-refractivity contribution in [1.29, 1.82) is 0 Å². The monoisotopic (exact) mass is 605 g/mol. The highest BCUT2D eigenvalue weighted by atomic mass is 35.5. The van der Waals surface area contributed by atoms with Crippen LogP contribution >= 0.6 is 23.2 Å². The van der Waals surface area contributed by atoms with E-state index in [0.29, 0.717) is 48.2 Å². The van der Waals surface area contributed by atoms with Gasteiger partial charge in [0, 0.05) is 18.8 Å². The van der Waals surface area contributed by atoms with Crippen LogP contribution in [0, 0.1) is 11.8 Å². The van der Waals surface area contributed by atoms with Crippen LogP contribution in [0.15, 0.2) is 48.8 Å². The SMILES string of the molecule is O=Cc1cc(C(=O)OC(Cc2c(Cl)cncc2Cl)c2ccc(OC(F)F)c(OCC3CC3)c2)ccc1OCC1CC1. The average molecular weight is 606 g/mol. The number of rotatable bonds is 14. The Morgan fingerprint density at radius 1 is 0.927 bits per heavy atom. The van der Waals surface area contributed by atoms with Crippen molar-refractivity contribution in [3.63, 3.8) is 0 Å². The molecule has 1 atom stereocenters. The molecule has 2 saturated carbocycles. The van der Waals surface area contributed by atoms with Gasteiger partial charge in [-0.3, -0.25) is 9.78 Å². The van der Waals surface area contributed by atoms with Crippen molar-refractivity contribution >= 4 is 35.5 Å². The normalized spacial score (nSPS) is 15.3. The second-order valence-corrected chi connectivity index (χ2v) is 11.0. The predicted octanol–water partition coefficient (Wildman–Crippen LogP) is 7.52. The van der Waals surface area contributed by atoms with Crippen molar-refractivity contribution in [3.8, 4) is 17.2 Å². The second kappa shape index (κ2) is 13.0. The van der Waals surface area contributed by atoms with E-state index in [1.165, 1.54) is 42.7 Å².